The second-order valence-electron chi connectivity index (χ2n) is 6.23. The number of amides is 1. The van der Waals surface area contributed by atoms with Crippen LogP contribution in [0.3, 0.4) is 0 Å². The smallest absolute Gasteiger partial charge is 0.267 e. The largest absolute Gasteiger partial charge is 0.487 e. The van der Waals surface area contributed by atoms with Gasteiger partial charge in [0.15, 0.2) is 5.65 Å². The van der Waals surface area contributed by atoms with Crippen LogP contribution in [0.1, 0.15) is 21.9 Å². The van der Waals surface area contributed by atoms with Crippen LogP contribution in [0.15, 0.2) is 54.7 Å². The fourth-order valence-electron chi connectivity index (χ4n) is 2.81. The Morgan fingerprint density at radius 2 is 1.96 bits per heavy atom. The number of primary amides is 1. The molecule has 3 heterocycles. The number of carbonyl (C=O) groups is 1. The molecule has 1 aromatic carbocycles. The molecular formula is C20H16FN5O2. The van der Waals surface area contributed by atoms with Gasteiger partial charge in [-0.05, 0) is 43.3 Å². The van der Waals surface area contributed by atoms with Gasteiger partial charge >= 0.3 is 0 Å². The first-order chi connectivity index (χ1) is 13.5. The third-order valence-corrected chi connectivity index (χ3v) is 4.13. The number of carbonyl (C=O) groups excluding carboxylic acids is 1. The van der Waals surface area contributed by atoms with Gasteiger partial charge < -0.3 is 10.5 Å². The molecule has 0 saturated carbocycles. The lowest BCUT2D eigenvalue weighted by Crippen LogP contribution is -2.14. The second kappa shape index (κ2) is 7.07. The summed E-state index contributed by atoms with van der Waals surface area (Å²) in [6, 6.07) is 12.7. The average molecular weight is 377 g/mol. The number of benzene rings is 1. The highest BCUT2D eigenvalue weighted by atomic mass is 19.1. The molecule has 0 atom stereocenters. The van der Waals surface area contributed by atoms with Gasteiger partial charge in [-0.3, -0.25) is 9.78 Å². The normalized spacial score (nSPS) is 10.9. The summed E-state index contributed by atoms with van der Waals surface area (Å²) < 4.78 is 20.6. The summed E-state index contributed by atoms with van der Waals surface area (Å²) in [4.78, 5) is 20.1. The molecule has 140 valence electrons. The molecule has 0 fully saturated rings. The predicted molar refractivity (Wildman–Crippen MR) is 100 cm³/mol. The van der Waals surface area contributed by atoms with Gasteiger partial charge in [-0.15, -0.1) is 0 Å². The third-order valence-electron chi connectivity index (χ3n) is 4.13. The standard InChI is InChI=1S/C20H16FN5O2/c1-12-8-16(6-7-23-12)28-11-15-9-19-24-17(20(22)27)10-18(26(19)25-15)13-2-4-14(21)5-3-13/h2-10H,11H2,1H3,(H2,22,27). The van der Waals surface area contributed by atoms with Gasteiger partial charge in [-0.1, -0.05) is 0 Å². The van der Waals surface area contributed by atoms with E-state index in [-0.39, 0.29) is 18.1 Å². The number of hydrogen-bond donors (Lipinski definition) is 1. The van der Waals surface area contributed by atoms with Crippen LogP contribution in [-0.2, 0) is 6.61 Å². The zero-order chi connectivity index (χ0) is 19.7. The molecule has 0 saturated heterocycles. The first-order valence-electron chi connectivity index (χ1n) is 8.50. The number of ether oxygens (including phenoxy) is 1. The van der Waals surface area contributed by atoms with Crippen LogP contribution in [0.4, 0.5) is 4.39 Å². The summed E-state index contributed by atoms with van der Waals surface area (Å²) in [5, 5.41) is 4.52. The lowest BCUT2D eigenvalue weighted by molar-refractivity contribution is 0.0995. The van der Waals surface area contributed by atoms with E-state index in [0.717, 1.165) is 5.69 Å². The summed E-state index contributed by atoms with van der Waals surface area (Å²) in [5.74, 6) is -0.336. The number of nitrogens with zero attached hydrogens (tertiary/aromatic N) is 4. The number of pyridine rings is 1. The minimum absolute atomic E-state index is 0.101. The Balaban J connectivity index is 1.73. The molecule has 2 N–H and O–H groups in total. The molecule has 7 nitrogen and oxygen atoms in total. The summed E-state index contributed by atoms with van der Waals surface area (Å²) in [6.45, 7) is 2.09. The highest BCUT2D eigenvalue weighted by Gasteiger charge is 2.14. The van der Waals surface area contributed by atoms with Crippen LogP contribution in [0.2, 0.25) is 0 Å². The zero-order valence-corrected chi connectivity index (χ0v) is 15.0. The highest BCUT2D eigenvalue weighted by Crippen LogP contribution is 2.22. The molecule has 8 heteroatoms. The molecule has 0 unspecified atom stereocenters. The SMILES string of the molecule is Cc1cc(OCc2cc3nc(C(N)=O)cc(-c4ccc(F)cc4)n3n2)ccn1. The number of halogens is 1. The van der Waals surface area contributed by atoms with Crippen molar-refractivity contribution < 1.29 is 13.9 Å². The van der Waals surface area contributed by atoms with Crippen molar-refractivity contribution >= 4 is 11.6 Å². The quantitative estimate of drug-likeness (QED) is 0.577. The van der Waals surface area contributed by atoms with E-state index < -0.39 is 5.91 Å². The molecule has 0 aliphatic heterocycles. The van der Waals surface area contributed by atoms with Crippen molar-refractivity contribution in [3.63, 3.8) is 0 Å². The van der Waals surface area contributed by atoms with Crippen molar-refractivity contribution in [1.29, 1.82) is 0 Å². The van der Waals surface area contributed by atoms with Crippen LogP contribution >= 0.6 is 0 Å². The van der Waals surface area contributed by atoms with Gasteiger partial charge in [-0.25, -0.2) is 13.9 Å². The zero-order valence-electron chi connectivity index (χ0n) is 15.0. The maximum absolute atomic E-state index is 13.3. The van der Waals surface area contributed by atoms with E-state index in [1.807, 2.05) is 13.0 Å². The Labute approximate surface area is 159 Å². The van der Waals surface area contributed by atoms with E-state index in [4.69, 9.17) is 10.5 Å². The number of fused-ring (bicyclic) bond motifs is 1. The van der Waals surface area contributed by atoms with E-state index in [0.29, 0.717) is 28.3 Å². The minimum atomic E-state index is -0.655. The molecular weight excluding hydrogens is 361 g/mol. The predicted octanol–water partition coefficient (Wildman–Crippen LogP) is 2.92. The fraction of sp³-hybridized carbons (Fsp3) is 0.100. The third kappa shape index (κ3) is 3.52. The second-order valence-corrected chi connectivity index (χ2v) is 6.23. The van der Waals surface area contributed by atoms with E-state index in [9.17, 15) is 9.18 Å². The fourth-order valence-corrected chi connectivity index (χ4v) is 2.81. The molecule has 0 bridgehead atoms. The van der Waals surface area contributed by atoms with Gasteiger partial charge in [0.25, 0.3) is 5.91 Å². The van der Waals surface area contributed by atoms with Gasteiger partial charge in [0.2, 0.25) is 0 Å². The maximum Gasteiger partial charge on any atom is 0.267 e. The molecule has 4 aromatic rings. The molecule has 0 spiro atoms. The van der Waals surface area contributed by atoms with Crippen LogP contribution in [0, 0.1) is 12.7 Å². The Kier molecular flexibility index (Phi) is 4.44. The Hall–Kier alpha value is -3.81. The first kappa shape index (κ1) is 17.6. The molecule has 4 rings (SSSR count). The Morgan fingerprint density at radius 3 is 2.68 bits per heavy atom. The van der Waals surface area contributed by atoms with Crippen molar-refractivity contribution in [2.45, 2.75) is 13.5 Å². The van der Waals surface area contributed by atoms with Gasteiger partial charge in [-0.2, -0.15) is 5.10 Å². The van der Waals surface area contributed by atoms with E-state index >= 15 is 0 Å². The molecule has 1 amide bonds. The lowest BCUT2D eigenvalue weighted by Gasteiger charge is -2.07. The molecule has 0 aliphatic rings. The van der Waals surface area contributed by atoms with Crippen LogP contribution in [0.5, 0.6) is 5.75 Å². The summed E-state index contributed by atoms with van der Waals surface area (Å²) in [6.07, 6.45) is 1.67. The number of hydrogen-bond acceptors (Lipinski definition) is 5. The maximum atomic E-state index is 13.3. The molecule has 0 radical (unpaired) electrons. The molecule has 0 aliphatic carbocycles. The molecule has 28 heavy (non-hydrogen) atoms. The van der Waals surface area contributed by atoms with Crippen molar-refractivity contribution in [1.82, 2.24) is 19.6 Å². The summed E-state index contributed by atoms with van der Waals surface area (Å²) in [5.41, 5.74) is 8.67. The van der Waals surface area contributed by atoms with Gasteiger partial charge in [0.1, 0.15) is 29.6 Å². The van der Waals surface area contributed by atoms with Crippen molar-refractivity contribution in [3.05, 3.63) is 77.6 Å². The van der Waals surface area contributed by atoms with Crippen LogP contribution in [-0.4, -0.2) is 25.5 Å². The van der Waals surface area contributed by atoms with Gasteiger partial charge in [0.05, 0.1) is 5.69 Å². The van der Waals surface area contributed by atoms with Crippen molar-refractivity contribution in [3.8, 4) is 17.0 Å². The lowest BCUT2D eigenvalue weighted by atomic mass is 10.1. The first-order valence-corrected chi connectivity index (χ1v) is 8.50. The number of aromatic nitrogens is 4. The van der Waals surface area contributed by atoms with Crippen LogP contribution < -0.4 is 10.5 Å². The number of nitrogens with two attached hydrogens (primary N) is 1. The minimum Gasteiger partial charge on any atom is -0.487 e. The van der Waals surface area contributed by atoms with Gasteiger partial charge in [0, 0.05) is 29.6 Å². The number of aryl methyl sites for hydroxylation is 1. The summed E-state index contributed by atoms with van der Waals surface area (Å²) in [7, 11) is 0. The highest BCUT2D eigenvalue weighted by molar-refractivity contribution is 5.92. The topological polar surface area (TPSA) is 95.4 Å². The van der Waals surface area contributed by atoms with E-state index in [2.05, 4.69) is 15.1 Å². The summed E-state index contributed by atoms with van der Waals surface area (Å²) >= 11 is 0. The monoisotopic (exact) mass is 377 g/mol. The van der Waals surface area contributed by atoms with Crippen molar-refractivity contribution in [2.24, 2.45) is 5.73 Å². The van der Waals surface area contributed by atoms with Crippen LogP contribution in [0.25, 0.3) is 16.9 Å². The Morgan fingerprint density at radius 1 is 1.18 bits per heavy atom. The average Bonchev–Trinajstić information content (AvgIpc) is 3.09. The molecule has 3 aromatic heterocycles. The number of rotatable bonds is 5. The van der Waals surface area contributed by atoms with E-state index in [1.54, 1.807) is 35.0 Å². The Bertz CT molecular complexity index is 1170. The van der Waals surface area contributed by atoms with Crippen molar-refractivity contribution in [2.75, 3.05) is 0 Å². The van der Waals surface area contributed by atoms with E-state index in [1.165, 1.54) is 18.2 Å².